The monoisotopic (exact) mass is 483 g/mol. The summed E-state index contributed by atoms with van der Waals surface area (Å²) in [7, 11) is 0. The Kier molecular flexibility index (Phi) is 6.34. The van der Waals surface area contributed by atoms with Crippen molar-refractivity contribution in [2.75, 3.05) is 0 Å². The van der Waals surface area contributed by atoms with Gasteiger partial charge in [-0.25, -0.2) is 4.39 Å². The highest BCUT2D eigenvalue weighted by Gasteiger charge is 2.64. The minimum atomic E-state index is -1.21. The molecule has 4 rings (SSSR count). The van der Waals surface area contributed by atoms with Crippen LogP contribution in [0, 0.1) is 28.5 Å². The topological polar surface area (TPSA) is 59.3 Å². The number of rotatable bonds is 6. The number of nitrogens with zero attached hydrogens (tertiary/aromatic N) is 1. The molecule has 0 heterocycles. The first kappa shape index (κ1) is 23.1. The van der Waals surface area contributed by atoms with Crippen molar-refractivity contribution in [3.05, 3.63) is 93.7 Å². The molecule has 0 bridgehead atoms. The van der Waals surface area contributed by atoms with E-state index in [9.17, 15) is 14.4 Å². The average molecular weight is 484 g/mol. The summed E-state index contributed by atoms with van der Waals surface area (Å²) < 4.78 is 25.4. The van der Waals surface area contributed by atoms with E-state index in [0.29, 0.717) is 21.4 Å². The van der Waals surface area contributed by atoms with Crippen LogP contribution in [0.2, 0.25) is 10.0 Å². The predicted molar refractivity (Wildman–Crippen MR) is 124 cm³/mol. The Hall–Kier alpha value is -3.07. The van der Waals surface area contributed by atoms with E-state index in [1.807, 2.05) is 26.0 Å². The van der Waals surface area contributed by atoms with E-state index in [0.717, 1.165) is 5.56 Å². The van der Waals surface area contributed by atoms with Crippen molar-refractivity contribution in [1.82, 2.24) is 0 Å². The van der Waals surface area contributed by atoms with Crippen LogP contribution in [0.25, 0.3) is 0 Å². The average Bonchev–Trinajstić information content (AvgIpc) is 3.35. The molecule has 168 valence electrons. The zero-order chi connectivity index (χ0) is 23.8. The maximum absolute atomic E-state index is 14.3. The van der Waals surface area contributed by atoms with Gasteiger partial charge in [0.05, 0.1) is 5.92 Å². The van der Waals surface area contributed by atoms with Crippen molar-refractivity contribution in [2.24, 2.45) is 11.3 Å². The summed E-state index contributed by atoms with van der Waals surface area (Å²) in [5.74, 6) is -1.37. The maximum atomic E-state index is 14.3. The third-order valence-electron chi connectivity index (χ3n) is 5.96. The second-order valence-corrected chi connectivity index (χ2v) is 9.34. The third kappa shape index (κ3) is 4.68. The SMILES string of the molecule is CC1(C)C(C(=O)OC(C#N)c2ccc(F)c(Oc3ccccc3)c2)C1c1ccc(Cl)cc1Cl. The summed E-state index contributed by atoms with van der Waals surface area (Å²) >= 11 is 12.3. The highest BCUT2D eigenvalue weighted by atomic mass is 35.5. The van der Waals surface area contributed by atoms with Crippen LogP contribution in [0.15, 0.2) is 66.7 Å². The number of carbonyl (C=O) groups excluding carboxylic acids is 1. The van der Waals surface area contributed by atoms with Crippen molar-refractivity contribution in [2.45, 2.75) is 25.9 Å². The van der Waals surface area contributed by atoms with Crippen molar-refractivity contribution in [3.63, 3.8) is 0 Å². The van der Waals surface area contributed by atoms with Crippen LogP contribution >= 0.6 is 23.2 Å². The molecule has 0 spiro atoms. The number of hydrogen-bond acceptors (Lipinski definition) is 4. The summed E-state index contributed by atoms with van der Waals surface area (Å²) in [6.45, 7) is 3.89. The molecule has 0 amide bonds. The Morgan fingerprint density at radius 3 is 2.48 bits per heavy atom. The molecule has 1 aliphatic rings. The summed E-state index contributed by atoms with van der Waals surface area (Å²) in [4.78, 5) is 13.0. The zero-order valence-electron chi connectivity index (χ0n) is 17.9. The number of nitriles is 1. The second-order valence-electron chi connectivity index (χ2n) is 8.49. The van der Waals surface area contributed by atoms with Crippen LogP contribution < -0.4 is 4.74 Å². The van der Waals surface area contributed by atoms with Crippen LogP contribution in [0.4, 0.5) is 4.39 Å². The molecule has 0 aliphatic heterocycles. The largest absolute Gasteiger partial charge is 0.454 e. The van der Waals surface area contributed by atoms with Gasteiger partial charge in [-0.2, -0.15) is 5.26 Å². The molecule has 0 N–H and O–H groups in total. The molecule has 7 heteroatoms. The summed E-state index contributed by atoms with van der Waals surface area (Å²) in [6, 6.07) is 19.8. The van der Waals surface area contributed by atoms with E-state index in [-0.39, 0.29) is 11.7 Å². The smallest absolute Gasteiger partial charge is 0.311 e. The van der Waals surface area contributed by atoms with E-state index >= 15 is 0 Å². The minimum absolute atomic E-state index is 0.0624. The Bertz CT molecular complexity index is 1240. The molecule has 4 nitrogen and oxygen atoms in total. The number of benzene rings is 3. The maximum Gasteiger partial charge on any atom is 0.311 e. The lowest BCUT2D eigenvalue weighted by atomic mass is 10.0. The summed E-state index contributed by atoms with van der Waals surface area (Å²) in [6.07, 6.45) is -1.21. The zero-order valence-corrected chi connectivity index (χ0v) is 19.4. The van der Waals surface area contributed by atoms with E-state index in [2.05, 4.69) is 0 Å². The second kappa shape index (κ2) is 9.05. The van der Waals surface area contributed by atoms with Crippen LogP contribution in [0.5, 0.6) is 11.5 Å². The van der Waals surface area contributed by atoms with Gasteiger partial charge >= 0.3 is 5.97 Å². The van der Waals surface area contributed by atoms with Crippen molar-refractivity contribution >= 4 is 29.2 Å². The van der Waals surface area contributed by atoms with Crippen LogP contribution in [0.3, 0.4) is 0 Å². The first-order chi connectivity index (χ1) is 15.7. The number of hydrogen-bond donors (Lipinski definition) is 0. The quantitative estimate of drug-likeness (QED) is 0.341. The van der Waals surface area contributed by atoms with E-state index in [1.54, 1.807) is 42.5 Å². The van der Waals surface area contributed by atoms with Gasteiger partial charge in [0, 0.05) is 21.5 Å². The van der Waals surface area contributed by atoms with Gasteiger partial charge in [-0.3, -0.25) is 4.79 Å². The minimum Gasteiger partial charge on any atom is -0.454 e. The molecule has 3 atom stereocenters. The fraction of sp³-hybridized carbons (Fsp3) is 0.231. The van der Waals surface area contributed by atoms with Gasteiger partial charge in [0.1, 0.15) is 11.8 Å². The van der Waals surface area contributed by atoms with Gasteiger partial charge < -0.3 is 9.47 Å². The fourth-order valence-electron chi connectivity index (χ4n) is 4.15. The molecule has 0 aromatic heterocycles. The van der Waals surface area contributed by atoms with Crippen molar-refractivity contribution in [1.29, 1.82) is 5.26 Å². The first-order valence-electron chi connectivity index (χ1n) is 10.3. The Morgan fingerprint density at radius 1 is 1.09 bits per heavy atom. The Morgan fingerprint density at radius 2 is 1.82 bits per heavy atom. The first-order valence-corrected chi connectivity index (χ1v) is 11.1. The van der Waals surface area contributed by atoms with E-state index in [4.69, 9.17) is 32.7 Å². The predicted octanol–water partition coefficient (Wildman–Crippen LogP) is 7.47. The highest BCUT2D eigenvalue weighted by Crippen LogP contribution is 2.66. The Balaban J connectivity index is 1.53. The van der Waals surface area contributed by atoms with Gasteiger partial charge in [-0.05, 0) is 47.4 Å². The van der Waals surface area contributed by atoms with E-state index in [1.165, 1.54) is 18.2 Å². The standard InChI is InChI=1S/C26H20Cl2FNO3/c1-26(2)23(18-10-9-16(27)13-19(18)28)24(26)25(31)33-22(14-30)15-8-11-20(29)21(12-15)32-17-6-4-3-5-7-17/h3-13,22-24H,1-2H3. The van der Waals surface area contributed by atoms with Gasteiger partial charge in [0.2, 0.25) is 6.10 Å². The molecule has 3 unspecified atom stereocenters. The molecule has 0 saturated heterocycles. The lowest BCUT2D eigenvalue weighted by molar-refractivity contribution is -0.149. The molecular weight excluding hydrogens is 464 g/mol. The number of halogens is 3. The molecule has 33 heavy (non-hydrogen) atoms. The normalized spacial score (nSPS) is 19.3. The molecule has 3 aromatic carbocycles. The third-order valence-corrected chi connectivity index (χ3v) is 6.52. The molecule has 3 aromatic rings. The summed E-state index contributed by atoms with van der Waals surface area (Å²) in [5, 5.41) is 10.7. The molecule has 1 saturated carbocycles. The molecule has 1 aliphatic carbocycles. The lowest BCUT2D eigenvalue weighted by Gasteiger charge is -2.14. The molecular formula is C26H20Cl2FNO3. The van der Waals surface area contributed by atoms with Crippen molar-refractivity contribution < 1.29 is 18.7 Å². The number of ether oxygens (including phenoxy) is 2. The number of carbonyl (C=O) groups is 1. The Labute approximate surface area is 201 Å². The van der Waals surface area contributed by atoms with Crippen molar-refractivity contribution in [3.8, 4) is 17.6 Å². The highest BCUT2D eigenvalue weighted by molar-refractivity contribution is 6.35. The molecule has 1 fully saturated rings. The van der Waals surface area contributed by atoms with Crippen LogP contribution in [-0.4, -0.2) is 5.97 Å². The fourth-order valence-corrected chi connectivity index (χ4v) is 4.67. The van der Waals surface area contributed by atoms with E-state index < -0.39 is 29.2 Å². The number of esters is 1. The van der Waals surface area contributed by atoms with Gasteiger partial charge in [0.15, 0.2) is 11.6 Å². The number of para-hydroxylation sites is 1. The van der Waals surface area contributed by atoms with Crippen LogP contribution in [-0.2, 0) is 9.53 Å². The van der Waals surface area contributed by atoms with Gasteiger partial charge in [-0.15, -0.1) is 0 Å². The summed E-state index contributed by atoms with van der Waals surface area (Å²) in [5.41, 5.74) is 0.721. The molecule has 0 radical (unpaired) electrons. The van der Waals surface area contributed by atoms with Gasteiger partial charge in [0.25, 0.3) is 0 Å². The lowest BCUT2D eigenvalue weighted by Crippen LogP contribution is -2.14. The van der Waals surface area contributed by atoms with Crippen LogP contribution in [0.1, 0.15) is 37.0 Å². The van der Waals surface area contributed by atoms with Gasteiger partial charge in [-0.1, -0.05) is 67.4 Å².